The fourth-order valence-corrected chi connectivity index (χ4v) is 2.87. The van der Waals surface area contributed by atoms with Crippen molar-refractivity contribution in [1.29, 1.82) is 0 Å². The summed E-state index contributed by atoms with van der Waals surface area (Å²) >= 11 is 3.58. The summed E-state index contributed by atoms with van der Waals surface area (Å²) in [5.74, 6) is 0. The van der Waals surface area contributed by atoms with Gasteiger partial charge in [-0.15, -0.1) is 0 Å². The Labute approximate surface area is 136 Å². The van der Waals surface area contributed by atoms with Gasteiger partial charge in [0.15, 0.2) is 0 Å². The molecule has 0 amide bonds. The minimum Gasteiger partial charge on any atom is -0.341 e. The average molecular weight is 347 g/mol. The van der Waals surface area contributed by atoms with Gasteiger partial charge in [-0.1, -0.05) is 33.6 Å². The molecule has 0 fully saturated rings. The van der Waals surface area contributed by atoms with Crippen LogP contribution >= 0.6 is 15.9 Å². The Kier molecular flexibility index (Phi) is 5.43. The van der Waals surface area contributed by atoms with Gasteiger partial charge in [0.1, 0.15) is 0 Å². The van der Waals surface area contributed by atoms with Gasteiger partial charge >= 0.3 is 0 Å². The number of nitrogens with one attached hydrogen (secondary N) is 1. The Morgan fingerprint density at radius 3 is 2.38 bits per heavy atom. The lowest BCUT2D eigenvalue weighted by Gasteiger charge is -2.28. The highest BCUT2D eigenvalue weighted by molar-refractivity contribution is 9.10. The Hall–Kier alpha value is -1.32. The van der Waals surface area contributed by atoms with Crippen LogP contribution in [0.25, 0.3) is 0 Å². The molecule has 1 unspecified atom stereocenters. The first-order chi connectivity index (χ1) is 10.1. The Balaban J connectivity index is 2.49. The van der Waals surface area contributed by atoms with Crippen LogP contribution in [0.3, 0.4) is 0 Å². The fraction of sp³-hybridized carbons (Fsp3) is 0.333. The van der Waals surface area contributed by atoms with Crippen molar-refractivity contribution in [3.8, 4) is 0 Å². The second kappa shape index (κ2) is 7.10. The molecule has 3 heteroatoms. The topological polar surface area (TPSA) is 15.3 Å². The predicted octanol–water partition coefficient (Wildman–Crippen LogP) is 5.20. The monoisotopic (exact) mass is 346 g/mol. The molecule has 0 aliphatic carbocycles. The first-order valence-electron chi connectivity index (χ1n) is 7.37. The van der Waals surface area contributed by atoms with Crippen LogP contribution in [0.5, 0.6) is 0 Å². The molecular formula is C18H23BrN2. The summed E-state index contributed by atoms with van der Waals surface area (Å²) in [6, 6.07) is 15.5. The maximum absolute atomic E-state index is 3.58. The lowest BCUT2D eigenvalue weighted by Crippen LogP contribution is -2.21. The minimum atomic E-state index is 0.303. The minimum absolute atomic E-state index is 0.303. The molecule has 1 N–H and O–H groups in total. The number of nitrogens with zero attached hydrogens (tertiary/aromatic N) is 1. The number of benzene rings is 2. The molecular weight excluding hydrogens is 324 g/mol. The fourth-order valence-electron chi connectivity index (χ4n) is 2.49. The van der Waals surface area contributed by atoms with Crippen LogP contribution in [0.4, 0.5) is 11.4 Å². The van der Waals surface area contributed by atoms with Crippen molar-refractivity contribution in [1.82, 2.24) is 5.32 Å². The number of hydrogen-bond donors (Lipinski definition) is 1. The molecule has 0 radical (unpaired) electrons. The van der Waals surface area contributed by atoms with Crippen molar-refractivity contribution in [2.75, 3.05) is 18.5 Å². The van der Waals surface area contributed by atoms with Crippen LogP contribution < -0.4 is 10.2 Å². The van der Waals surface area contributed by atoms with Crippen LogP contribution in [-0.2, 0) is 0 Å². The summed E-state index contributed by atoms with van der Waals surface area (Å²) in [6.07, 6.45) is 0. The van der Waals surface area contributed by atoms with Crippen molar-refractivity contribution in [3.05, 3.63) is 58.1 Å². The molecule has 0 heterocycles. The van der Waals surface area contributed by atoms with E-state index in [2.05, 4.69) is 89.4 Å². The first-order valence-corrected chi connectivity index (χ1v) is 8.17. The van der Waals surface area contributed by atoms with Crippen LogP contribution in [0.15, 0.2) is 46.9 Å². The molecule has 0 spiro atoms. The molecule has 0 bridgehead atoms. The molecule has 112 valence electrons. The summed E-state index contributed by atoms with van der Waals surface area (Å²) in [4.78, 5) is 2.36. The number of halogens is 1. The number of hydrogen-bond acceptors (Lipinski definition) is 2. The second-order valence-corrected chi connectivity index (χ2v) is 6.21. The SMILES string of the molecule is CCN(c1ccc(C)cc1)c1ccc(Br)cc1C(C)NC. The molecule has 1 atom stereocenters. The predicted molar refractivity (Wildman–Crippen MR) is 95.5 cm³/mol. The molecule has 21 heavy (non-hydrogen) atoms. The van der Waals surface area contributed by atoms with Gasteiger partial charge in [-0.2, -0.15) is 0 Å². The van der Waals surface area contributed by atoms with E-state index in [1.807, 2.05) is 7.05 Å². The van der Waals surface area contributed by atoms with E-state index in [1.165, 1.54) is 22.5 Å². The van der Waals surface area contributed by atoms with Gasteiger partial charge in [-0.3, -0.25) is 0 Å². The van der Waals surface area contributed by atoms with Gasteiger partial charge in [0.05, 0.1) is 0 Å². The summed E-state index contributed by atoms with van der Waals surface area (Å²) in [6.45, 7) is 7.44. The van der Waals surface area contributed by atoms with Gasteiger partial charge in [0.25, 0.3) is 0 Å². The van der Waals surface area contributed by atoms with Gasteiger partial charge in [0, 0.05) is 28.4 Å². The Morgan fingerprint density at radius 1 is 1.14 bits per heavy atom. The molecule has 0 saturated heterocycles. The molecule has 2 rings (SSSR count). The summed E-state index contributed by atoms with van der Waals surface area (Å²) in [7, 11) is 2.00. The average Bonchev–Trinajstić information content (AvgIpc) is 2.50. The largest absolute Gasteiger partial charge is 0.341 e. The molecule has 2 aromatic rings. The van der Waals surface area contributed by atoms with Crippen LogP contribution in [0, 0.1) is 6.92 Å². The maximum Gasteiger partial charge on any atom is 0.0459 e. The van der Waals surface area contributed by atoms with Gasteiger partial charge in [0.2, 0.25) is 0 Å². The summed E-state index contributed by atoms with van der Waals surface area (Å²) < 4.78 is 1.11. The lowest BCUT2D eigenvalue weighted by molar-refractivity contribution is 0.651. The quantitative estimate of drug-likeness (QED) is 0.800. The molecule has 0 aliphatic rings. The van der Waals surface area contributed by atoms with Crippen LogP contribution in [0.2, 0.25) is 0 Å². The van der Waals surface area contributed by atoms with Gasteiger partial charge in [-0.05, 0) is 63.7 Å². The second-order valence-electron chi connectivity index (χ2n) is 5.29. The summed E-state index contributed by atoms with van der Waals surface area (Å²) in [5.41, 5.74) is 5.07. The number of aryl methyl sites for hydroxylation is 1. The number of rotatable bonds is 5. The highest BCUT2D eigenvalue weighted by Crippen LogP contribution is 2.33. The van der Waals surface area contributed by atoms with E-state index < -0.39 is 0 Å². The lowest BCUT2D eigenvalue weighted by atomic mass is 10.0. The zero-order valence-corrected chi connectivity index (χ0v) is 14.7. The molecule has 0 aliphatic heterocycles. The van der Waals surface area contributed by atoms with E-state index in [9.17, 15) is 0 Å². The zero-order valence-electron chi connectivity index (χ0n) is 13.2. The van der Waals surface area contributed by atoms with Crippen molar-refractivity contribution in [3.63, 3.8) is 0 Å². The molecule has 2 nitrogen and oxygen atoms in total. The Bertz CT molecular complexity index is 593. The normalized spacial score (nSPS) is 12.2. The van der Waals surface area contributed by atoms with Crippen LogP contribution in [0.1, 0.15) is 31.0 Å². The highest BCUT2D eigenvalue weighted by Gasteiger charge is 2.15. The van der Waals surface area contributed by atoms with E-state index in [1.54, 1.807) is 0 Å². The van der Waals surface area contributed by atoms with Crippen molar-refractivity contribution in [2.45, 2.75) is 26.8 Å². The molecule has 0 aromatic heterocycles. The van der Waals surface area contributed by atoms with Crippen LogP contribution in [-0.4, -0.2) is 13.6 Å². The standard InChI is InChI=1S/C18H23BrN2/c1-5-21(16-9-6-13(2)7-10-16)18-11-8-15(19)12-17(18)14(3)20-4/h6-12,14,20H,5H2,1-4H3. The molecule has 2 aromatic carbocycles. The van der Waals surface area contributed by atoms with Crippen molar-refractivity contribution < 1.29 is 0 Å². The smallest absolute Gasteiger partial charge is 0.0459 e. The van der Waals surface area contributed by atoms with E-state index >= 15 is 0 Å². The van der Waals surface area contributed by atoms with Crippen molar-refractivity contribution in [2.24, 2.45) is 0 Å². The van der Waals surface area contributed by atoms with Crippen molar-refractivity contribution >= 4 is 27.3 Å². The van der Waals surface area contributed by atoms with Gasteiger partial charge < -0.3 is 10.2 Å². The third-order valence-corrected chi connectivity index (χ3v) is 4.34. The third kappa shape index (κ3) is 3.66. The Morgan fingerprint density at radius 2 is 1.81 bits per heavy atom. The third-order valence-electron chi connectivity index (χ3n) is 3.84. The van der Waals surface area contributed by atoms with E-state index in [0.29, 0.717) is 6.04 Å². The molecule has 0 saturated carbocycles. The van der Waals surface area contributed by atoms with Gasteiger partial charge in [-0.25, -0.2) is 0 Å². The van der Waals surface area contributed by atoms with E-state index in [4.69, 9.17) is 0 Å². The maximum atomic E-state index is 3.58. The summed E-state index contributed by atoms with van der Waals surface area (Å²) in [5, 5.41) is 3.34. The first kappa shape index (κ1) is 16.1. The zero-order chi connectivity index (χ0) is 15.4. The number of anilines is 2. The highest BCUT2D eigenvalue weighted by atomic mass is 79.9. The van der Waals surface area contributed by atoms with E-state index in [-0.39, 0.29) is 0 Å². The van der Waals surface area contributed by atoms with E-state index in [0.717, 1.165) is 11.0 Å².